The third-order valence-corrected chi connectivity index (χ3v) is 4.48. The highest BCUT2D eigenvalue weighted by atomic mass is 15.2. The van der Waals surface area contributed by atoms with Crippen LogP contribution in [0.3, 0.4) is 0 Å². The van der Waals surface area contributed by atoms with Crippen LogP contribution in [0.1, 0.15) is 12.5 Å². The van der Waals surface area contributed by atoms with Gasteiger partial charge in [0.15, 0.2) is 11.5 Å². The van der Waals surface area contributed by atoms with Crippen LogP contribution in [0, 0.1) is 0 Å². The van der Waals surface area contributed by atoms with E-state index in [1.165, 1.54) is 11.1 Å². The number of hydrogen-bond acceptors (Lipinski definition) is 5. The zero-order chi connectivity index (χ0) is 16.8. The van der Waals surface area contributed by atoms with E-state index in [0.29, 0.717) is 5.65 Å². The summed E-state index contributed by atoms with van der Waals surface area (Å²) in [5, 5.41) is 11.6. The first-order valence-electron chi connectivity index (χ1n) is 8.04. The van der Waals surface area contributed by atoms with Crippen molar-refractivity contribution in [2.45, 2.75) is 6.92 Å². The van der Waals surface area contributed by atoms with Crippen LogP contribution in [0.4, 0.5) is 0 Å². The van der Waals surface area contributed by atoms with Crippen molar-refractivity contribution in [3.05, 3.63) is 54.1 Å². The summed E-state index contributed by atoms with van der Waals surface area (Å²) in [4.78, 5) is 16.6. The van der Waals surface area contributed by atoms with Crippen molar-refractivity contribution < 1.29 is 0 Å². The number of aromatic amines is 2. The molecule has 0 saturated heterocycles. The van der Waals surface area contributed by atoms with Gasteiger partial charge in [-0.2, -0.15) is 5.10 Å². The summed E-state index contributed by atoms with van der Waals surface area (Å²) in [5.41, 5.74) is 6.83. The first-order chi connectivity index (χ1) is 12.3. The minimum Gasteiger partial charge on any atom is -0.387 e. The smallest absolute Gasteiger partial charge is 0.181 e. The largest absolute Gasteiger partial charge is 0.387 e. The van der Waals surface area contributed by atoms with Gasteiger partial charge in [0.05, 0.1) is 22.6 Å². The molecule has 4 aromatic heterocycles. The number of rotatable bonds is 2. The van der Waals surface area contributed by atoms with E-state index in [2.05, 4.69) is 54.5 Å². The molecule has 0 spiro atoms. The number of imidazole rings is 1. The standard InChI is InChI=1S/C18H15N7/c1-10-2-4-19-8-13(10)11-6-12-16(24-25-17(12)21-7-11)18-22-14-3-5-20-9-15(14)23-18/h2-7,9,19H,8H2,1H3,(H,22,23)(H,21,24,25). The van der Waals surface area contributed by atoms with Gasteiger partial charge in [0.1, 0.15) is 5.69 Å². The Bertz CT molecular complexity index is 1130. The predicted molar refractivity (Wildman–Crippen MR) is 96.5 cm³/mol. The van der Waals surface area contributed by atoms with Crippen molar-refractivity contribution in [2.75, 3.05) is 6.54 Å². The molecule has 122 valence electrons. The van der Waals surface area contributed by atoms with Crippen molar-refractivity contribution >= 4 is 27.6 Å². The highest BCUT2D eigenvalue weighted by molar-refractivity contribution is 5.93. The number of H-pyrrole nitrogens is 2. The number of fused-ring (bicyclic) bond motifs is 2. The molecule has 0 unspecified atom stereocenters. The number of hydrogen-bond donors (Lipinski definition) is 3. The normalized spacial score (nSPS) is 14.4. The maximum atomic E-state index is 4.63. The second kappa shape index (κ2) is 5.27. The molecule has 0 aliphatic carbocycles. The van der Waals surface area contributed by atoms with Gasteiger partial charge in [-0.3, -0.25) is 10.1 Å². The van der Waals surface area contributed by atoms with Crippen LogP contribution < -0.4 is 5.32 Å². The number of nitrogens with one attached hydrogen (secondary N) is 3. The van der Waals surface area contributed by atoms with E-state index in [1.807, 2.05) is 18.5 Å². The highest BCUT2D eigenvalue weighted by Gasteiger charge is 2.15. The molecule has 7 heteroatoms. The maximum Gasteiger partial charge on any atom is 0.181 e. The molecule has 5 heterocycles. The third-order valence-electron chi connectivity index (χ3n) is 4.48. The molecule has 5 rings (SSSR count). The maximum absolute atomic E-state index is 4.63. The van der Waals surface area contributed by atoms with Crippen molar-refractivity contribution in [3.63, 3.8) is 0 Å². The minimum absolute atomic E-state index is 0.676. The molecule has 4 aromatic rings. The molecule has 1 aliphatic rings. The quantitative estimate of drug-likeness (QED) is 0.525. The van der Waals surface area contributed by atoms with Crippen LogP contribution in [-0.4, -0.2) is 36.7 Å². The Morgan fingerprint density at radius 3 is 3.04 bits per heavy atom. The fraction of sp³-hybridized carbons (Fsp3) is 0.111. The Morgan fingerprint density at radius 1 is 1.20 bits per heavy atom. The lowest BCUT2D eigenvalue weighted by atomic mass is 9.99. The lowest BCUT2D eigenvalue weighted by molar-refractivity contribution is 0.972. The Labute approximate surface area is 142 Å². The SMILES string of the molecule is CC1=C(c2cnc3n[nH]c(-c4nc5ccncc5[nH]4)c3c2)CNC=C1. The Balaban J connectivity index is 1.69. The lowest BCUT2D eigenvalue weighted by Gasteiger charge is -2.14. The average Bonchev–Trinajstić information content (AvgIpc) is 3.25. The van der Waals surface area contributed by atoms with Gasteiger partial charge in [-0.25, -0.2) is 9.97 Å². The van der Waals surface area contributed by atoms with Crippen molar-refractivity contribution in [3.8, 4) is 11.5 Å². The van der Waals surface area contributed by atoms with E-state index < -0.39 is 0 Å². The molecule has 25 heavy (non-hydrogen) atoms. The molecular formula is C18H15N7. The zero-order valence-electron chi connectivity index (χ0n) is 13.5. The first-order valence-corrected chi connectivity index (χ1v) is 8.04. The van der Waals surface area contributed by atoms with Gasteiger partial charge >= 0.3 is 0 Å². The fourth-order valence-electron chi connectivity index (χ4n) is 3.14. The van der Waals surface area contributed by atoms with Crippen LogP contribution >= 0.6 is 0 Å². The molecule has 0 aromatic carbocycles. The molecule has 0 bridgehead atoms. The molecular weight excluding hydrogens is 314 g/mol. The van der Waals surface area contributed by atoms with E-state index in [0.717, 1.165) is 40.0 Å². The summed E-state index contributed by atoms with van der Waals surface area (Å²) in [5.74, 6) is 0.733. The summed E-state index contributed by atoms with van der Waals surface area (Å²) in [6, 6.07) is 4.00. The zero-order valence-corrected chi connectivity index (χ0v) is 13.5. The second-order valence-electron chi connectivity index (χ2n) is 6.05. The van der Waals surface area contributed by atoms with Crippen LogP contribution in [0.2, 0.25) is 0 Å². The summed E-state index contributed by atoms with van der Waals surface area (Å²) in [6.07, 6.45) is 9.41. The van der Waals surface area contributed by atoms with Crippen molar-refractivity contribution in [2.24, 2.45) is 0 Å². The van der Waals surface area contributed by atoms with Gasteiger partial charge in [-0.05, 0) is 48.0 Å². The molecule has 7 nitrogen and oxygen atoms in total. The molecule has 0 atom stereocenters. The molecule has 1 aliphatic heterocycles. The third kappa shape index (κ3) is 2.20. The van der Waals surface area contributed by atoms with E-state index >= 15 is 0 Å². The summed E-state index contributed by atoms with van der Waals surface area (Å²) >= 11 is 0. The number of pyridine rings is 2. The Hall–Kier alpha value is -3.48. The Kier molecular flexibility index (Phi) is 2.93. The minimum atomic E-state index is 0.676. The molecule has 3 N–H and O–H groups in total. The monoisotopic (exact) mass is 329 g/mol. The number of dihydropyridines is 1. The molecule has 0 radical (unpaired) electrons. The van der Waals surface area contributed by atoms with Gasteiger partial charge in [0.2, 0.25) is 0 Å². The number of allylic oxidation sites excluding steroid dienone is 2. The van der Waals surface area contributed by atoms with Gasteiger partial charge in [0, 0.05) is 18.9 Å². The molecule has 0 fully saturated rings. The molecule has 0 saturated carbocycles. The number of aromatic nitrogens is 6. The van der Waals surface area contributed by atoms with Crippen LogP contribution in [0.25, 0.3) is 39.2 Å². The van der Waals surface area contributed by atoms with Gasteiger partial charge in [0.25, 0.3) is 0 Å². The highest BCUT2D eigenvalue weighted by Crippen LogP contribution is 2.28. The van der Waals surface area contributed by atoms with E-state index in [4.69, 9.17) is 0 Å². The summed E-state index contributed by atoms with van der Waals surface area (Å²) < 4.78 is 0. The van der Waals surface area contributed by atoms with Crippen LogP contribution in [0.5, 0.6) is 0 Å². The Morgan fingerprint density at radius 2 is 2.16 bits per heavy atom. The van der Waals surface area contributed by atoms with Crippen molar-refractivity contribution in [1.29, 1.82) is 0 Å². The fourth-order valence-corrected chi connectivity index (χ4v) is 3.14. The topological polar surface area (TPSA) is 95.2 Å². The predicted octanol–water partition coefficient (Wildman–Crippen LogP) is 2.79. The van der Waals surface area contributed by atoms with E-state index in [-0.39, 0.29) is 0 Å². The second-order valence-corrected chi connectivity index (χ2v) is 6.05. The lowest BCUT2D eigenvalue weighted by Crippen LogP contribution is -2.14. The van der Waals surface area contributed by atoms with Crippen molar-refractivity contribution in [1.82, 2.24) is 35.5 Å². The van der Waals surface area contributed by atoms with Gasteiger partial charge < -0.3 is 10.3 Å². The van der Waals surface area contributed by atoms with Crippen LogP contribution in [0.15, 0.2) is 48.6 Å². The average molecular weight is 329 g/mol. The summed E-state index contributed by atoms with van der Waals surface area (Å²) in [7, 11) is 0. The summed E-state index contributed by atoms with van der Waals surface area (Å²) in [6.45, 7) is 2.90. The van der Waals surface area contributed by atoms with E-state index in [1.54, 1.807) is 12.4 Å². The number of nitrogens with zero attached hydrogens (tertiary/aromatic N) is 4. The van der Waals surface area contributed by atoms with Gasteiger partial charge in [-0.1, -0.05) is 0 Å². The van der Waals surface area contributed by atoms with Gasteiger partial charge in [-0.15, -0.1) is 0 Å². The van der Waals surface area contributed by atoms with E-state index in [9.17, 15) is 0 Å². The first kappa shape index (κ1) is 13.9. The van der Waals surface area contributed by atoms with Crippen LogP contribution in [-0.2, 0) is 0 Å². The molecule has 0 amide bonds.